The average molecular weight is 209 g/mol. The van der Waals surface area contributed by atoms with Crippen molar-refractivity contribution in [3.05, 3.63) is 27.4 Å². The highest BCUT2D eigenvalue weighted by Crippen LogP contribution is 1.99. The van der Waals surface area contributed by atoms with Gasteiger partial charge >= 0.3 is 0 Å². The number of rotatable bonds is 4. The van der Waals surface area contributed by atoms with Crippen molar-refractivity contribution in [2.45, 2.75) is 46.7 Å². The molecule has 0 saturated heterocycles. The van der Waals surface area contributed by atoms with Gasteiger partial charge in [0.25, 0.3) is 5.56 Å². The second-order valence-electron chi connectivity index (χ2n) is 3.97. The van der Waals surface area contributed by atoms with Crippen molar-refractivity contribution in [3.63, 3.8) is 0 Å². The minimum Gasteiger partial charge on any atom is -0.309 e. The predicted molar refractivity (Wildman–Crippen MR) is 60.9 cm³/mol. The molecule has 0 radical (unpaired) electrons. The van der Waals surface area contributed by atoms with E-state index in [-0.39, 0.29) is 5.56 Å². The van der Waals surface area contributed by atoms with Crippen LogP contribution >= 0.6 is 0 Å². The van der Waals surface area contributed by atoms with E-state index in [2.05, 4.69) is 29.1 Å². The quantitative estimate of drug-likeness (QED) is 0.781. The highest BCUT2D eigenvalue weighted by molar-refractivity contribution is 5.16. The highest BCUT2D eigenvalue weighted by atomic mass is 16.1. The van der Waals surface area contributed by atoms with Gasteiger partial charge in [0.05, 0.1) is 6.54 Å². The molecule has 2 N–H and O–H groups in total. The van der Waals surface area contributed by atoms with Crippen LogP contribution in [0.25, 0.3) is 0 Å². The van der Waals surface area contributed by atoms with Crippen molar-refractivity contribution in [2.24, 2.45) is 0 Å². The number of H-pyrrole nitrogens is 1. The largest absolute Gasteiger partial charge is 0.309 e. The maximum absolute atomic E-state index is 11.6. The van der Waals surface area contributed by atoms with Gasteiger partial charge in [-0.05, 0) is 13.3 Å². The third-order valence-corrected chi connectivity index (χ3v) is 2.30. The topological polar surface area (TPSA) is 57.8 Å². The lowest BCUT2D eigenvalue weighted by Crippen LogP contribution is -2.26. The fourth-order valence-electron chi connectivity index (χ4n) is 1.47. The molecular weight excluding hydrogens is 190 g/mol. The summed E-state index contributed by atoms with van der Waals surface area (Å²) in [5.41, 5.74) is 1.61. The summed E-state index contributed by atoms with van der Waals surface area (Å²) in [7, 11) is 0. The number of aromatic amines is 1. The van der Waals surface area contributed by atoms with E-state index < -0.39 is 0 Å². The van der Waals surface area contributed by atoms with Crippen LogP contribution in [0.1, 0.15) is 37.9 Å². The van der Waals surface area contributed by atoms with Gasteiger partial charge in [-0.3, -0.25) is 4.79 Å². The number of aromatic nitrogens is 2. The van der Waals surface area contributed by atoms with Crippen molar-refractivity contribution in [2.75, 3.05) is 0 Å². The summed E-state index contributed by atoms with van der Waals surface area (Å²) in [6.07, 6.45) is 0.728. The Kier molecular flexibility index (Phi) is 4.03. The van der Waals surface area contributed by atoms with E-state index in [1.54, 1.807) is 0 Å². The molecule has 0 aliphatic heterocycles. The zero-order valence-electron chi connectivity index (χ0n) is 9.85. The van der Waals surface area contributed by atoms with Crippen LogP contribution in [0.2, 0.25) is 0 Å². The second kappa shape index (κ2) is 5.07. The second-order valence-corrected chi connectivity index (χ2v) is 3.97. The summed E-state index contributed by atoms with van der Waals surface area (Å²) in [6.45, 7) is 8.58. The predicted octanol–water partition coefficient (Wildman–Crippen LogP) is 1.14. The van der Waals surface area contributed by atoms with E-state index in [0.29, 0.717) is 18.4 Å². The molecule has 15 heavy (non-hydrogen) atoms. The van der Waals surface area contributed by atoms with Crippen LogP contribution in [0.3, 0.4) is 0 Å². The van der Waals surface area contributed by atoms with Gasteiger partial charge in [0.15, 0.2) is 0 Å². The molecule has 0 fully saturated rings. The lowest BCUT2D eigenvalue weighted by Gasteiger charge is -2.09. The fraction of sp³-hybridized carbons (Fsp3) is 0.636. The SMILES string of the molecule is CCc1c(C)nc(CNC(C)C)[nH]c1=O. The molecule has 0 aliphatic rings. The van der Waals surface area contributed by atoms with Crippen molar-refractivity contribution in [1.29, 1.82) is 0 Å². The Morgan fingerprint density at radius 2 is 2.13 bits per heavy atom. The molecule has 1 aromatic heterocycles. The molecular formula is C11H19N3O. The molecule has 84 valence electrons. The average Bonchev–Trinajstić information content (AvgIpc) is 2.14. The molecule has 4 heteroatoms. The van der Waals surface area contributed by atoms with Gasteiger partial charge < -0.3 is 10.3 Å². The first kappa shape index (κ1) is 11.9. The molecule has 0 atom stereocenters. The van der Waals surface area contributed by atoms with Crippen LogP contribution in [-0.4, -0.2) is 16.0 Å². The van der Waals surface area contributed by atoms with Gasteiger partial charge in [-0.1, -0.05) is 20.8 Å². The molecule has 0 spiro atoms. The lowest BCUT2D eigenvalue weighted by molar-refractivity contribution is 0.569. The van der Waals surface area contributed by atoms with E-state index in [1.165, 1.54) is 0 Å². The van der Waals surface area contributed by atoms with Gasteiger partial charge in [-0.2, -0.15) is 0 Å². The van der Waals surface area contributed by atoms with Crippen molar-refractivity contribution in [3.8, 4) is 0 Å². The highest BCUT2D eigenvalue weighted by Gasteiger charge is 2.05. The van der Waals surface area contributed by atoms with Gasteiger partial charge in [-0.25, -0.2) is 4.98 Å². The minimum absolute atomic E-state index is 0.00874. The summed E-state index contributed by atoms with van der Waals surface area (Å²) >= 11 is 0. The Bertz CT molecular complexity index is 382. The third-order valence-electron chi connectivity index (χ3n) is 2.30. The molecule has 1 rings (SSSR count). The third kappa shape index (κ3) is 3.16. The molecule has 0 aliphatic carbocycles. The monoisotopic (exact) mass is 209 g/mol. The first-order valence-electron chi connectivity index (χ1n) is 5.36. The number of nitrogens with one attached hydrogen (secondary N) is 2. The van der Waals surface area contributed by atoms with Gasteiger partial charge in [0.1, 0.15) is 5.82 Å². The van der Waals surface area contributed by atoms with Crippen LogP contribution in [0.15, 0.2) is 4.79 Å². The molecule has 0 unspecified atom stereocenters. The Labute approximate surface area is 90.1 Å². The van der Waals surface area contributed by atoms with Crippen molar-refractivity contribution < 1.29 is 0 Å². The standard InChI is InChI=1S/C11H19N3O/c1-5-9-8(4)13-10(14-11(9)15)6-12-7(2)3/h7,12H,5-6H2,1-4H3,(H,13,14,15). The maximum atomic E-state index is 11.6. The normalized spacial score (nSPS) is 11.0. The van der Waals surface area contributed by atoms with Gasteiger partial charge in [0.2, 0.25) is 0 Å². The maximum Gasteiger partial charge on any atom is 0.254 e. The first-order valence-corrected chi connectivity index (χ1v) is 5.36. The van der Waals surface area contributed by atoms with Crippen LogP contribution in [0.4, 0.5) is 0 Å². The van der Waals surface area contributed by atoms with Gasteiger partial charge in [-0.15, -0.1) is 0 Å². The minimum atomic E-state index is -0.00874. The molecule has 4 nitrogen and oxygen atoms in total. The Morgan fingerprint density at radius 1 is 1.47 bits per heavy atom. The molecule has 1 heterocycles. The Morgan fingerprint density at radius 3 is 2.60 bits per heavy atom. The van der Waals surface area contributed by atoms with E-state index >= 15 is 0 Å². The van der Waals surface area contributed by atoms with Crippen molar-refractivity contribution >= 4 is 0 Å². The van der Waals surface area contributed by atoms with E-state index in [0.717, 1.165) is 17.7 Å². The number of hydrogen-bond acceptors (Lipinski definition) is 3. The number of aryl methyl sites for hydroxylation is 1. The van der Waals surface area contributed by atoms with Crippen LogP contribution in [-0.2, 0) is 13.0 Å². The zero-order valence-corrected chi connectivity index (χ0v) is 9.85. The molecule has 0 bridgehead atoms. The molecule has 0 saturated carbocycles. The Balaban J connectivity index is 2.89. The summed E-state index contributed by atoms with van der Waals surface area (Å²) in [6, 6.07) is 0.390. The van der Waals surface area contributed by atoms with E-state index in [9.17, 15) is 4.79 Å². The Hall–Kier alpha value is -1.16. The number of nitrogens with zero attached hydrogens (tertiary/aromatic N) is 1. The van der Waals surface area contributed by atoms with E-state index in [4.69, 9.17) is 0 Å². The van der Waals surface area contributed by atoms with Crippen LogP contribution < -0.4 is 10.9 Å². The fourth-order valence-corrected chi connectivity index (χ4v) is 1.47. The summed E-state index contributed by atoms with van der Waals surface area (Å²) in [5, 5.41) is 3.22. The molecule has 0 aromatic carbocycles. The number of hydrogen-bond donors (Lipinski definition) is 2. The summed E-state index contributed by atoms with van der Waals surface area (Å²) < 4.78 is 0. The summed E-state index contributed by atoms with van der Waals surface area (Å²) in [5.74, 6) is 0.711. The smallest absolute Gasteiger partial charge is 0.254 e. The summed E-state index contributed by atoms with van der Waals surface area (Å²) in [4.78, 5) is 18.8. The zero-order chi connectivity index (χ0) is 11.4. The molecule has 0 amide bonds. The first-order chi connectivity index (χ1) is 7.04. The van der Waals surface area contributed by atoms with Gasteiger partial charge in [0, 0.05) is 17.3 Å². The lowest BCUT2D eigenvalue weighted by atomic mass is 10.2. The van der Waals surface area contributed by atoms with Crippen LogP contribution in [0, 0.1) is 6.92 Å². The van der Waals surface area contributed by atoms with Crippen molar-refractivity contribution in [1.82, 2.24) is 15.3 Å². The van der Waals surface area contributed by atoms with E-state index in [1.807, 2.05) is 13.8 Å². The molecule has 1 aromatic rings. The van der Waals surface area contributed by atoms with Crippen LogP contribution in [0.5, 0.6) is 0 Å².